The molecule has 92 valence electrons. The number of rotatable bonds is 5. The van der Waals surface area contributed by atoms with E-state index in [0.29, 0.717) is 6.61 Å². The average Bonchev–Trinajstić information content (AvgIpc) is 2.42. The monoisotopic (exact) mass is 239 g/mol. The lowest BCUT2D eigenvalue weighted by molar-refractivity contribution is 0.322. The van der Waals surface area contributed by atoms with Crippen LogP contribution < -0.4 is 4.74 Å². The minimum Gasteiger partial charge on any atom is -0.493 e. The quantitative estimate of drug-likeness (QED) is 0.724. The number of hydrogen-bond donors (Lipinski definition) is 0. The van der Waals surface area contributed by atoms with Gasteiger partial charge in [-0.05, 0) is 49.0 Å². The van der Waals surface area contributed by atoms with Crippen LogP contribution in [0, 0.1) is 6.92 Å². The van der Waals surface area contributed by atoms with Crippen molar-refractivity contribution in [2.24, 2.45) is 4.99 Å². The molecule has 0 saturated carbocycles. The Morgan fingerprint density at radius 1 is 1.06 bits per heavy atom. The van der Waals surface area contributed by atoms with Crippen molar-refractivity contribution < 1.29 is 4.74 Å². The third-order valence-electron chi connectivity index (χ3n) is 2.92. The molecule has 2 rings (SSSR count). The van der Waals surface area contributed by atoms with Crippen LogP contribution >= 0.6 is 0 Å². The molecule has 2 heteroatoms. The fraction of sp³-hybridized carbons (Fsp3) is 0.188. The Morgan fingerprint density at radius 2 is 1.78 bits per heavy atom. The van der Waals surface area contributed by atoms with Crippen LogP contribution in [0.1, 0.15) is 11.1 Å². The SMILES string of the molecule is C=Nc1ccc(OCCc2ccccc2C)cc1. The van der Waals surface area contributed by atoms with Crippen molar-refractivity contribution in [3.05, 3.63) is 59.7 Å². The summed E-state index contributed by atoms with van der Waals surface area (Å²) in [6, 6.07) is 16.0. The maximum atomic E-state index is 5.70. The Hall–Kier alpha value is -2.09. The lowest BCUT2D eigenvalue weighted by atomic mass is 10.1. The highest BCUT2D eigenvalue weighted by atomic mass is 16.5. The van der Waals surface area contributed by atoms with Crippen molar-refractivity contribution in [1.29, 1.82) is 0 Å². The first-order valence-corrected chi connectivity index (χ1v) is 6.03. The van der Waals surface area contributed by atoms with Gasteiger partial charge in [-0.25, -0.2) is 0 Å². The van der Waals surface area contributed by atoms with Gasteiger partial charge in [0, 0.05) is 6.42 Å². The van der Waals surface area contributed by atoms with Crippen molar-refractivity contribution in [2.45, 2.75) is 13.3 Å². The van der Waals surface area contributed by atoms with E-state index in [4.69, 9.17) is 4.74 Å². The highest BCUT2D eigenvalue weighted by Gasteiger charge is 1.98. The highest BCUT2D eigenvalue weighted by Crippen LogP contribution is 2.17. The van der Waals surface area contributed by atoms with E-state index in [2.05, 4.69) is 42.9 Å². The second-order valence-corrected chi connectivity index (χ2v) is 4.18. The first-order chi connectivity index (χ1) is 8.79. The molecule has 0 saturated heterocycles. The molecule has 0 amide bonds. The summed E-state index contributed by atoms with van der Waals surface area (Å²) in [5, 5.41) is 0. The van der Waals surface area contributed by atoms with Gasteiger partial charge in [0.25, 0.3) is 0 Å². The van der Waals surface area contributed by atoms with Crippen LogP contribution in [0.2, 0.25) is 0 Å². The molecule has 18 heavy (non-hydrogen) atoms. The first-order valence-electron chi connectivity index (χ1n) is 6.03. The van der Waals surface area contributed by atoms with Crippen LogP contribution in [0.3, 0.4) is 0 Å². The van der Waals surface area contributed by atoms with Gasteiger partial charge < -0.3 is 4.74 Å². The molecule has 2 aromatic carbocycles. The van der Waals surface area contributed by atoms with E-state index in [1.807, 2.05) is 24.3 Å². The van der Waals surface area contributed by atoms with E-state index in [1.54, 1.807) is 0 Å². The first kappa shape index (κ1) is 12.4. The minimum absolute atomic E-state index is 0.686. The van der Waals surface area contributed by atoms with E-state index in [9.17, 15) is 0 Å². The molecular formula is C16H17NO. The normalized spacial score (nSPS) is 10.1. The van der Waals surface area contributed by atoms with Crippen molar-refractivity contribution in [1.82, 2.24) is 0 Å². The molecule has 0 N–H and O–H groups in total. The molecule has 0 radical (unpaired) electrons. The van der Waals surface area contributed by atoms with E-state index < -0.39 is 0 Å². The predicted octanol–water partition coefficient (Wildman–Crippen LogP) is 3.95. The molecule has 0 fully saturated rings. The Kier molecular flexibility index (Phi) is 4.13. The molecule has 0 aromatic heterocycles. The van der Waals surface area contributed by atoms with Gasteiger partial charge in [0.1, 0.15) is 5.75 Å². The van der Waals surface area contributed by atoms with Crippen LogP contribution in [0.15, 0.2) is 53.5 Å². The number of benzene rings is 2. The summed E-state index contributed by atoms with van der Waals surface area (Å²) in [6.45, 7) is 6.29. The van der Waals surface area contributed by atoms with Gasteiger partial charge in [0.15, 0.2) is 0 Å². The summed E-state index contributed by atoms with van der Waals surface area (Å²) in [5.41, 5.74) is 3.51. The number of ether oxygens (including phenoxy) is 1. The number of hydrogen-bond acceptors (Lipinski definition) is 2. The summed E-state index contributed by atoms with van der Waals surface area (Å²) in [7, 11) is 0. The Morgan fingerprint density at radius 3 is 2.44 bits per heavy atom. The summed E-state index contributed by atoms with van der Waals surface area (Å²) < 4.78 is 5.70. The number of nitrogens with zero attached hydrogens (tertiary/aromatic N) is 1. The van der Waals surface area contributed by atoms with Gasteiger partial charge in [-0.15, -0.1) is 0 Å². The Bertz CT molecular complexity index is 517. The molecule has 0 spiro atoms. The smallest absolute Gasteiger partial charge is 0.119 e. The number of aliphatic imine (C=N–C) groups is 1. The standard InChI is InChI=1S/C16H17NO/c1-13-5-3-4-6-14(13)11-12-18-16-9-7-15(17-2)8-10-16/h3-10H,2,11-12H2,1H3. The van der Waals surface area contributed by atoms with Crippen molar-refractivity contribution >= 4 is 12.4 Å². The van der Waals surface area contributed by atoms with Gasteiger partial charge in [0.2, 0.25) is 0 Å². The maximum absolute atomic E-state index is 5.70. The molecular weight excluding hydrogens is 222 g/mol. The zero-order valence-corrected chi connectivity index (χ0v) is 10.6. The maximum Gasteiger partial charge on any atom is 0.119 e. The summed E-state index contributed by atoms with van der Waals surface area (Å²) in [5.74, 6) is 0.871. The molecule has 0 aliphatic carbocycles. The second-order valence-electron chi connectivity index (χ2n) is 4.18. The molecule has 2 nitrogen and oxygen atoms in total. The predicted molar refractivity (Wildman–Crippen MR) is 76.0 cm³/mol. The summed E-state index contributed by atoms with van der Waals surface area (Å²) in [6.07, 6.45) is 0.925. The molecule has 0 aliphatic heterocycles. The minimum atomic E-state index is 0.686. The molecule has 0 unspecified atom stereocenters. The molecule has 2 aromatic rings. The lowest BCUT2D eigenvalue weighted by Crippen LogP contribution is -2.02. The Labute approximate surface area is 108 Å². The number of aryl methyl sites for hydroxylation is 1. The van der Waals surface area contributed by atoms with Gasteiger partial charge >= 0.3 is 0 Å². The van der Waals surface area contributed by atoms with Crippen molar-refractivity contribution in [2.75, 3.05) is 6.61 Å². The van der Waals surface area contributed by atoms with Crippen molar-refractivity contribution in [3.63, 3.8) is 0 Å². The van der Waals surface area contributed by atoms with Crippen LogP contribution in [0.4, 0.5) is 5.69 Å². The zero-order chi connectivity index (χ0) is 12.8. The van der Waals surface area contributed by atoms with E-state index in [0.717, 1.165) is 17.9 Å². The van der Waals surface area contributed by atoms with Crippen LogP contribution in [0.25, 0.3) is 0 Å². The molecule has 0 bridgehead atoms. The third-order valence-corrected chi connectivity index (χ3v) is 2.92. The van der Waals surface area contributed by atoms with E-state index >= 15 is 0 Å². The van der Waals surface area contributed by atoms with Crippen LogP contribution in [0.5, 0.6) is 5.75 Å². The third kappa shape index (κ3) is 3.20. The summed E-state index contributed by atoms with van der Waals surface area (Å²) >= 11 is 0. The fourth-order valence-electron chi connectivity index (χ4n) is 1.82. The van der Waals surface area contributed by atoms with Crippen LogP contribution in [-0.2, 0) is 6.42 Å². The second kappa shape index (κ2) is 6.01. The molecule has 0 atom stereocenters. The van der Waals surface area contributed by atoms with Gasteiger partial charge in [-0.1, -0.05) is 24.3 Å². The van der Waals surface area contributed by atoms with E-state index in [1.165, 1.54) is 11.1 Å². The highest BCUT2D eigenvalue weighted by molar-refractivity contribution is 5.47. The van der Waals surface area contributed by atoms with Crippen LogP contribution in [-0.4, -0.2) is 13.3 Å². The lowest BCUT2D eigenvalue weighted by Gasteiger charge is -2.08. The topological polar surface area (TPSA) is 21.6 Å². The average molecular weight is 239 g/mol. The van der Waals surface area contributed by atoms with Gasteiger partial charge in [-0.2, -0.15) is 0 Å². The molecule has 0 heterocycles. The van der Waals surface area contributed by atoms with E-state index in [-0.39, 0.29) is 0 Å². The molecule has 0 aliphatic rings. The Balaban J connectivity index is 1.88. The zero-order valence-electron chi connectivity index (χ0n) is 10.6. The fourth-order valence-corrected chi connectivity index (χ4v) is 1.82. The van der Waals surface area contributed by atoms with Gasteiger partial charge in [0.05, 0.1) is 12.3 Å². The largest absolute Gasteiger partial charge is 0.493 e. The van der Waals surface area contributed by atoms with Crippen molar-refractivity contribution in [3.8, 4) is 5.75 Å². The van der Waals surface area contributed by atoms with Gasteiger partial charge in [-0.3, -0.25) is 4.99 Å². The summed E-state index contributed by atoms with van der Waals surface area (Å²) in [4.78, 5) is 3.85.